The van der Waals surface area contributed by atoms with Gasteiger partial charge in [0.05, 0.1) is 36.1 Å². The second kappa shape index (κ2) is 12.3. The van der Waals surface area contributed by atoms with Gasteiger partial charge in [0.1, 0.15) is 37.1 Å². The molecule has 1 saturated heterocycles. The van der Waals surface area contributed by atoms with E-state index >= 15 is 0 Å². The van der Waals surface area contributed by atoms with Crippen LogP contribution in [0.3, 0.4) is 0 Å². The number of carboxylic acids is 1. The topological polar surface area (TPSA) is 187 Å². The van der Waals surface area contributed by atoms with E-state index in [1.807, 2.05) is 58.1 Å². The number of nitrogens with two attached hydrogens (primary N) is 2. The molecule has 16 heteroatoms. The molecule has 2 fully saturated rings. The van der Waals surface area contributed by atoms with Crippen LogP contribution in [0.4, 0.5) is 5.13 Å². The summed E-state index contributed by atoms with van der Waals surface area (Å²) in [5, 5.41) is 15.4. The van der Waals surface area contributed by atoms with Gasteiger partial charge in [-0.3, -0.25) is 19.5 Å². The van der Waals surface area contributed by atoms with E-state index in [9.17, 15) is 19.5 Å². The molecular weight excluding hydrogens is 643 g/mol. The number of ketones is 1. The van der Waals surface area contributed by atoms with Gasteiger partial charge in [-0.25, -0.2) is 19.0 Å². The average molecular weight is 675 g/mol. The summed E-state index contributed by atoms with van der Waals surface area (Å²) in [7, 11) is 1.31. The molecule has 0 unspecified atom stereocenters. The Balaban J connectivity index is 1.06. The summed E-state index contributed by atoms with van der Waals surface area (Å²) >= 11 is 2.61. The van der Waals surface area contributed by atoms with Crippen LogP contribution in [0.5, 0.6) is 0 Å². The monoisotopic (exact) mass is 674 g/mol. The number of carboxylic acid groups (broad SMARTS) is 1. The van der Waals surface area contributed by atoms with Crippen LogP contribution >= 0.6 is 23.1 Å². The lowest BCUT2D eigenvalue weighted by atomic mass is 9.89. The second-order valence-electron chi connectivity index (χ2n) is 11.6. The molecule has 47 heavy (non-hydrogen) atoms. The maximum atomic E-state index is 13.3. The third-order valence-electron chi connectivity index (χ3n) is 8.39. The average Bonchev–Trinajstić information content (AvgIpc) is 3.42. The molecule has 3 aliphatic rings. The van der Waals surface area contributed by atoms with Crippen LogP contribution in [0, 0.1) is 5.92 Å². The van der Waals surface area contributed by atoms with E-state index in [2.05, 4.69) is 19.7 Å². The summed E-state index contributed by atoms with van der Waals surface area (Å²) in [4.78, 5) is 53.8. The van der Waals surface area contributed by atoms with Gasteiger partial charge in [-0.1, -0.05) is 29.4 Å². The molecular formula is C31H32N9O5S2+. The van der Waals surface area contributed by atoms with Crippen molar-refractivity contribution in [1.29, 1.82) is 0 Å². The zero-order valence-electron chi connectivity index (χ0n) is 25.4. The first-order valence-corrected chi connectivity index (χ1v) is 16.9. The molecule has 2 atom stereocenters. The highest BCUT2D eigenvalue weighted by Crippen LogP contribution is 2.45. The fraction of sp³-hybridized carbons (Fsp3) is 0.323. The molecule has 0 spiro atoms. The zero-order valence-corrected chi connectivity index (χ0v) is 27.0. The third-order valence-corrected chi connectivity index (χ3v) is 10.5. The number of hydrogen-bond acceptors (Lipinski definition) is 10. The Hall–Kier alpha value is -4.96. The number of Topliss-reactive ketones (excluding diaryl/α,β-unsaturated/α-hetero) is 1. The molecule has 5 heterocycles. The first-order chi connectivity index (χ1) is 22.7. The fourth-order valence-electron chi connectivity index (χ4n) is 5.92. The van der Waals surface area contributed by atoms with Crippen molar-refractivity contribution >= 4 is 63.1 Å². The summed E-state index contributed by atoms with van der Waals surface area (Å²) in [5.41, 5.74) is 15.6. The number of imidazole rings is 1. The Morgan fingerprint density at radius 1 is 1.19 bits per heavy atom. The van der Waals surface area contributed by atoms with Gasteiger partial charge < -0.3 is 21.4 Å². The largest absolute Gasteiger partial charge is 0.477 e. The quantitative estimate of drug-likeness (QED) is 0.0663. The SMILES string of the molecule is CO/N=C(\C(=O)C[C@@H]1C(=O)N2C(C(=O)O)=C(Cn3ccc4n3cc[n+]4Cc3ccc(C(N)=NC4CC4)cc3)CS[C@H]12)c1csc(N)n1. The van der Waals surface area contributed by atoms with Crippen LogP contribution in [-0.4, -0.2) is 77.7 Å². The number of aliphatic imine (C=N–C) groups is 1. The number of fused-ring (bicyclic) bond motifs is 2. The number of aromatic nitrogens is 4. The van der Waals surface area contributed by atoms with Gasteiger partial charge in [0.2, 0.25) is 5.91 Å². The van der Waals surface area contributed by atoms with Crippen molar-refractivity contribution in [2.24, 2.45) is 21.8 Å². The number of oxime groups is 1. The van der Waals surface area contributed by atoms with Crippen LogP contribution in [0.25, 0.3) is 5.65 Å². The molecule has 0 radical (unpaired) electrons. The Morgan fingerprint density at radius 2 is 1.98 bits per heavy atom. The number of aliphatic carboxylic acids is 1. The number of nitrogens with zero attached hydrogens (tertiary/aromatic N) is 7. The van der Waals surface area contributed by atoms with Crippen LogP contribution in [-0.2, 0) is 32.3 Å². The first kappa shape index (κ1) is 30.7. The summed E-state index contributed by atoms with van der Waals surface area (Å²) < 4.78 is 5.98. The van der Waals surface area contributed by atoms with Crippen molar-refractivity contribution in [3.8, 4) is 0 Å². The van der Waals surface area contributed by atoms with Gasteiger partial charge in [-0.05, 0) is 24.0 Å². The lowest BCUT2D eigenvalue weighted by Gasteiger charge is -2.49. The minimum atomic E-state index is -1.18. The minimum Gasteiger partial charge on any atom is -0.477 e. The Labute approximate surface area is 277 Å². The van der Waals surface area contributed by atoms with Gasteiger partial charge in [-0.2, -0.15) is 0 Å². The summed E-state index contributed by atoms with van der Waals surface area (Å²) in [6.07, 6.45) is 7.85. The summed E-state index contributed by atoms with van der Waals surface area (Å²) in [5.74, 6) is -1.75. The Bertz CT molecular complexity index is 1990. The van der Waals surface area contributed by atoms with E-state index in [1.165, 1.54) is 23.8 Å². The number of thioether (sulfide) groups is 1. The number of amides is 1. The van der Waals surface area contributed by atoms with Crippen molar-refractivity contribution in [3.63, 3.8) is 0 Å². The maximum absolute atomic E-state index is 13.3. The van der Waals surface area contributed by atoms with Crippen LogP contribution in [0.1, 0.15) is 36.1 Å². The molecule has 2 aliphatic heterocycles. The number of nitrogen functional groups attached to an aromatic ring is 1. The molecule has 7 rings (SSSR count). The van der Waals surface area contributed by atoms with E-state index in [0.717, 1.165) is 41.0 Å². The highest BCUT2D eigenvalue weighted by Gasteiger charge is 2.54. The molecule has 1 amide bonds. The molecule has 3 aromatic heterocycles. The van der Waals surface area contributed by atoms with Crippen LogP contribution in [0.15, 0.2) is 75.7 Å². The predicted molar refractivity (Wildman–Crippen MR) is 176 cm³/mol. The lowest BCUT2D eigenvalue weighted by Crippen LogP contribution is -2.62. The number of rotatable bonds is 12. The number of carbonyl (C=O) groups is 3. The van der Waals surface area contributed by atoms with E-state index in [1.54, 1.807) is 5.38 Å². The van der Waals surface area contributed by atoms with Crippen molar-refractivity contribution < 1.29 is 28.9 Å². The lowest BCUT2D eigenvalue weighted by molar-refractivity contribution is -0.661. The summed E-state index contributed by atoms with van der Waals surface area (Å²) in [6, 6.07) is 10.4. The number of β-lactam (4-membered cyclic amide) rings is 1. The van der Waals surface area contributed by atoms with Crippen LogP contribution in [0.2, 0.25) is 0 Å². The number of carbonyl (C=O) groups excluding carboxylic acids is 2. The van der Waals surface area contributed by atoms with E-state index in [0.29, 0.717) is 29.7 Å². The molecule has 4 aromatic rings. The Kier molecular flexibility index (Phi) is 8.05. The standard InChI is InChI=1S/C31H31N9O5S2/c1-45-36-25(22-16-47-31(33)35-22)23(41)12-21-28(42)40-26(30(43)44)19(15-46-29(21)40)14-38-9-8-24-37(10-11-39(24)38)13-17-2-4-18(5-3-17)27(32)34-20-6-7-20/h2-5,8-11,16,20-21,29H,6-7,12-15H2,1H3,(H4-,32,33,34,35,43,44)/p+1/b36-25-/t21-,29-/m1/s1. The van der Waals surface area contributed by atoms with Gasteiger partial charge in [-0.15, -0.1) is 27.6 Å². The molecule has 1 aromatic carbocycles. The van der Waals surface area contributed by atoms with Crippen molar-refractivity contribution in [2.75, 3.05) is 18.6 Å². The first-order valence-electron chi connectivity index (χ1n) is 15.0. The van der Waals surface area contributed by atoms with Gasteiger partial charge >= 0.3 is 11.6 Å². The highest BCUT2D eigenvalue weighted by atomic mass is 32.2. The highest BCUT2D eigenvalue weighted by molar-refractivity contribution is 8.00. The Morgan fingerprint density at radius 3 is 2.66 bits per heavy atom. The number of anilines is 1. The van der Waals surface area contributed by atoms with Crippen molar-refractivity contribution in [3.05, 3.63) is 82.4 Å². The maximum Gasteiger partial charge on any atom is 0.352 e. The van der Waals surface area contributed by atoms with Gasteiger partial charge in [0.25, 0.3) is 0 Å². The minimum absolute atomic E-state index is 0.0252. The van der Waals surface area contributed by atoms with Crippen LogP contribution < -0.4 is 16.0 Å². The van der Waals surface area contributed by atoms with Crippen molar-refractivity contribution in [2.45, 2.75) is 43.8 Å². The normalized spacial score (nSPS) is 20.0. The van der Waals surface area contributed by atoms with E-state index in [-0.39, 0.29) is 35.2 Å². The number of thiazole rings is 1. The van der Waals surface area contributed by atoms with Gasteiger partial charge in [0, 0.05) is 23.1 Å². The third kappa shape index (κ3) is 5.89. The zero-order chi connectivity index (χ0) is 32.8. The molecule has 14 nitrogen and oxygen atoms in total. The molecule has 1 saturated carbocycles. The number of hydrogen-bond donors (Lipinski definition) is 3. The van der Waals surface area contributed by atoms with E-state index in [4.69, 9.17) is 16.3 Å². The molecule has 5 N–H and O–H groups in total. The van der Waals surface area contributed by atoms with Crippen molar-refractivity contribution in [1.82, 2.24) is 19.1 Å². The predicted octanol–water partition coefficient (Wildman–Crippen LogP) is 1.86. The second-order valence-corrected chi connectivity index (χ2v) is 13.6. The molecule has 0 bridgehead atoms. The fourth-order valence-corrected chi connectivity index (χ4v) is 7.87. The van der Waals surface area contributed by atoms with E-state index < -0.39 is 29.0 Å². The number of benzene rings is 1. The summed E-state index contributed by atoms with van der Waals surface area (Å²) in [6.45, 7) is 0.910. The smallest absolute Gasteiger partial charge is 0.352 e. The van der Waals surface area contributed by atoms with Gasteiger partial charge in [0.15, 0.2) is 22.8 Å². The molecule has 1 aliphatic carbocycles. The molecule has 242 valence electrons. The number of amidine groups is 1.